The lowest BCUT2D eigenvalue weighted by Gasteiger charge is -2.31. The molecule has 0 bridgehead atoms. The molecule has 0 spiro atoms. The molecule has 0 N–H and O–H groups in total. The second kappa shape index (κ2) is 8.48. The molecule has 1 saturated heterocycles. The SMILES string of the molecule is CCCC(C(=O)OCC)N(C)CC1CCOCC1. The summed E-state index contributed by atoms with van der Waals surface area (Å²) in [5, 5.41) is 0. The number of hydrogen-bond donors (Lipinski definition) is 0. The van der Waals surface area contributed by atoms with Crippen molar-refractivity contribution < 1.29 is 14.3 Å². The number of rotatable bonds is 7. The lowest BCUT2D eigenvalue weighted by molar-refractivity contribution is -0.149. The molecule has 18 heavy (non-hydrogen) atoms. The van der Waals surface area contributed by atoms with Crippen LogP contribution in [0.25, 0.3) is 0 Å². The summed E-state index contributed by atoms with van der Waals surface area (Å²) in [4.78, 5) is 14.1. The zero-order valence-electron chi connectivity index (χ0n) is 12.0. The Morgan fingerprint density at radius 1 is 1.39 bits per heavy atom. The molecule has 106 valence electrons. The van der Waals surface area contributed by atoms with Gasteiger partial charge < -0.3 is 9.47 Å². The monoisotopic (exact) mass is 257 g/mol. The van der Waals surface area contributed by atoms with Gasteiger partial charge in [0, 0.05) is 19.8 Å². The molecule has 0 amide bonds. The second-order valence-electron chi connectivity index (χ2n) is 5.05. The highest BCUT2D eigenvalue weighted by Gasteiger charge is 2.26. The summed E-state index contributed by atoms with van der Waals surface area (Å²) in [5.41, 5.74) is 0. The van der Waals surface area contributed by atoms with Crippen molar-refractivity contribution in [1.82, 2.24) is 4.90 Å². The van der Waals surface area contributed by atoms with Crippen molar-refractivity contribution >= 4 is 5.97 Å². The van der Waals surface area contributed by atoms with Gasteiger partial charge in [0.15, 0.2) is 0 Å². The largest absolute Gasteiger partial charge is 0.465 e. The van der Waals surface area contributed by atoms with Crippen molar-refractivity contribution in [3.8, 4) is 0 Å². The van der Waals surface area contributed by atoms with Crippen LogP contribution in [0.5, 0.6) is 0 Å². The summed E-state index contributed by atoms with van der Waals surface area (Å²) in [6.07, 6.45) is 4.08. The number of hydrogen-bond acceptors (Lipinski definition) is 4. The van der Waals surface area contributed by atoms with Crippen molar-refractivity contribution in [3.63, 3.8) is 0 Å². The average Bonchev–Trinajstić information content (AvgIpc) is 2.37. The first-order valence-electron chi connectivity index (χ1n) is 7.13. The topological polar surface area (TPSA) is 38.8 Å². The van der Waals surface area contributed by atoms with Gasteiger partial charge in [-0.15, -0.1) is 0 Å². The quantitative estimate of drug-likeness (QED) is 0.655. The van der Waals surface area contributed by atoms with Gasteiger partial charge in [0.05, 0.1) is 6.61 Å². The third-order valence-corrected chi connectivity index (χ3v) is 3.54. The van der Waals surface area contributed by atoms with E-state index in [2.05, 4.69) is 11.8 Å². The van der Waals surface area contributed by atoms with Crippen molar-refractivity contribution in [3.05, 3.63) is 0 Å². The Morgan fingerprint density at radius 3 is 2.61 bits per heavy atom. The van der Waals surface area contributed by atoms with E-state index >= 15 is 0 Å². The van der Waals surface area contributed by atoms with Crippen molar-refractivity contribution in [1.29, 1.82) is 0 Å². The first-order chi connectivity index (χ1) is 8.69. The number of nitrogens with zero attached hydrogens (tertiary/aromatic N) is 1. The van der Waals surface area contributed by atoms with E-state index in [0.29, 0.717) is 12.5 Å². The standard InChI is InChI=1S/C14H27NO3/c1-4-6-13(14(16)18-5-2)15(3)11-12-7-9-17-10-8-12/h12-13H,4-11H2,1-3H3. The van der Waals surface area contributed by atoms with E-state index in [4.69, 9.17) is 9.47 Å². The van der Waals surface area contributed by atoms with E-state index in [-0.39, 0.29) is 12.0 Å². The summed E-state index contributed by atoms with van der Waals surface area (Å²) in [6.45, 7) is 7.11. The molecule has 1 rings (SSSR count). The van der Waals surface area contributed by atoms with Crippen molar-refractivity contribution in [2.45, 2.75) is 45.6 Å². The summed E-state index contributed by atoms with van der Waals surface area (Å²) in [7, 11) is 2.03. The Labute approximate surface area is 111 Å². The summed E-state index contributed by atoms with van der Waals surface area (Å²) >= 11 is 0. The lowest BCUT2D eigenvalue weighted by Crippen LogP contribution is -2.42. The number of ether oxygens (including phenoxy) is 2. The number of esters is 1. The molecule has 1 aliphatic rings. The number of likely N-dealkylation sites (N-methyl/N-ethyl adjacent to an activating group) is 1. The Hall–Kier alpha value is -0.610. The van der Waals surface area contributed by atoms with Crippen molar-refractivity contribution in [2.24, 2.45) is 5.92 Å². The Morgan fingerprint density at radius 2 is 2.06 bits per heavy atom. The summed E-state index contributed by atoms with van der Waals surface area (Å²) < 4.78 is 10.5. The van der Waals surface area contributed by atoms with Gasteiger partial charge in [0.25, 0.3) is 0 Å². The first kappa shape index (κ1) is 15.4. The van der Waals surface area contributed by atoms with E-state index in [1.807, 2.05) is 14.0 Å². The third kappa shape index (κ3) is 4.94. The maximum Gasteiger partial charge on any atom is 0.323 e. The van der Waals surface area contributed by atoms with Crippen LogP contribution < -0.4 is 0 Å². The van der Waals surface area contributed by atoms with Crippen LogP contribution in [0, 0.1) is 5.92 Å². The molecule has 0 radical (unpaired) electrons. The molecule has 0 saturated carbocycles. The van der Waals surface area contributed by atoms with Crippen LogP contribution in [-0.4, -0.2) is 50.3 Å². The minimum Gasteiger partial charge on any atom is -0.465 e. The predicted octanol–water partition coefficient (Wildman–Crippen LogP) is 2.08. The number of carbonyl (C=O) groups is 1. The first-order valence-corrected chi connectivity index (χ1v) is 7.13. The zero-order chi connectivity index (χ0) is 13.4. The van der Waals surface area contributed by atoms with Gasteiger partial charge in [-0.25, -0.2) is 0 Å². The number of carbonyl (C=O) groups excluding carboxylic acids is 1. The molecular formula is C14H27NO3. The average molecular weight is 257 g/mol. The van der Waals surface area contributed by atoms with Crippen LogP contribution >= 0.6 is 0 Å². The molecule has 1 aliphatic heterocycles. The minimum atomic E-state index is -0.0854. The fourth-order valence-corrected chi connectivity index (χ4v) is 2.49. The van der Waals surface area contributed by atoms with E-state index in [1.165, 1.54) is 0 Å². The van der Waals surface area contributed by atoms with Crippen LogP contribution in [0.1, 0.15) is 39.5 Å². The maximum atomic E-state index is 11.9. The normalized spacial score (nSPS) is 18.9. The molecular weight excluding hydrogens is 230 g/mol. The molecule has 4 heteroatoms. The molecule has 1 heterocycles. The van der Waals surface area contributed by atoms with Crippen LogP contribution in [-0.2, 0) is 14.3 Å². The Balaban J connectivity index is 2.46. The molecule has 0 aromatic carbocycles. The fraction of sp³-hybridized carbons (Fsp3) is 0.929. The lowest BCUT2D eigenvalue weighted by atomic mass is 9.98. The highest BCUT2D eigenvalue weighted by atomic mass is 16.5. The van der Waals surface area contributed by atoms with Crippen LogP contribution in [0.3, 0.4) is 0 Å². The highest BCUT2D eigenvalue weighted by molar-refractivity contribution is 5.75. The fourth-order valence-electron chi connectivity index (χ4n) is 2.49. The van der Waals surface area contributed by atoms with E-state index in [0.717, 1.165) is 45.4 Å². The van der Waals surface area contributed by atoms with Crippen LogP contribution in [0.4, 0.5) is 0 Å². The third-order valence-electron chi connectivity index (χ3n) is 3.54. The maximum absolute atomic E-state index is 11.9. The summed E-state index contributed by atoms with van der Waals surface area (Å²) in [6, 6.07) is -0.0854. The van der Waals surface area contributed by atoms with Gasteiger partial charge in [-0.1, -0.05) is 13.3 Å². The Bertz CT molecular complexity index is 239. The van der Waals surface area contributed by atoms with Gasteiger partial charge in [-0.2, -0.15) is 0 Å². The molecule has 1 unspecified atom stereocenters. The van der Waals surface area contributed by atoms with E-state index < -0.39 is 0 Å². The van der Waals surface area contributed by atoms with Crippen LogP contribution in [0.2, 0.25) is 0 Å². The minimum absolute atomic E-state index is 0.0751. The smallest absolute Gasteiger partial charge is 0.323 e. The summed E-state index contributed by atoms with van der Waals surface area (Å²) in [5.74, 6) is 0.575. The predicted molar refractivity (Wildman–Crippen MR) is 71.5 cm³/mol. The van der Waals surface area contributed by atoms with Gasteiger partial charge in [0.2, 0.25) is 0 Å². The zero-order valence-corrected chi connectivity index (χ0v) is 12.0. The molecule has 0 aromatic heterocycles. The molecule has 4 nitrogen and oxygen atoms in total. The molecule has 1 atom stereocenters. The highest BCUT2D eigenvalue weighted by Crippen LogP contribution is 2.18. The van der Waals surface area contributed by atoms with Crippen molar-refractivity contribution in [2.75, 3.05) is 33.4 Å². The van der Waals surface area contributed by atoms with Gasteiger partial charge in [0.1, 0.15) is 6.04 Å². The van der Waals surface area contributed by atoms with Crippen LogP contribution in [0.15, 0.2) is 0 Å². The molecule has 1 fully saturated rings. The Kier molecular flexibility index (Phi) is 7.28. The molecule has 0 aromatic rings. The molecule has 0 aliphatic carbocycles. The van der Waals surface area contributed by atoms with Gasteiger partial charge in [-0.3, -0.25) is 9.69 Å². The van der Waals surface area contributed by atoms with Gasteiger partial charge >= 0.3 is 5.97 Å². The van der Waals surface area contributed by atoms with E-state index in [9.17, 15) is 4.79 Å². The van der Waals surface area contributed by atoms with Gasteiger partial charge in [-0.05, 0) is 39.2 Å². The van der Waals surface area contributed by atoms with E-state index in [1.54, 1.807) is 0 Å². The second-order valence-corrected chi connectivity index (χ2v) is 5.05.